The molecule has 0 radical (unpaired) electrons. The average molecular weight is 319 g/mol. The first kappa shape index (κ1) is 16.0. The molecule has 2 N–H and O–H groups in total. The Kier molecular flexibility index (Phi) is 4.77. The molecule has 1 aromatic heterocycles. The molecule has 0 unspecified atom stereocenters. The van der Waals surface area contributed by atoms with Crippen molar-refractivity contribution < 1.29 is 13.2 Å². The standard InChI is InChI=1S/C15H17N3O3S/c1-11-6-5-9-16-14(11)10-17-15(19)12-7-3-4-8-13(12)18-22(2,20)21/h3-9,18H,10H2,1-2H3,(H,17,19). The van der Waals surface area contributed by atoms with Crippen LogP contribution in [-0.4, -0.2) is 25.6 Å². The highest BCUT2D eigenvalue weighted by Crippen LogP contribution is 2.16. The number of rotatable bonds is 5. The molecule has 0 atom stereocenters. The summed E-state index contributed by atoms with van der Waals surface area (Å²) in [5, 5.41) is 2.75. The molecule has 2 aromatic rings. The maximum atomic E-state index is 12.3. The average Bonchev–Trinajstić information content (AvgIpc) is 2.45. The Bertz CT molecular complexity index is 788. The van der Waals surface area contributed by atoms with Crippen LogP contribution < -0.4 is 10.0 Å². The third kappa shape index (κ3) is 4.29. The number of hydrogen-bond donors (Lipinski definition) is 2. The maximum absolute atomic E-state index is 12.3. The third-order valence-electron chi connectivity index (χ3n) is 3.00. The van der Waals surface area contributed by atoms with Crippen LogP contribution in [0.15, 0.2) is 42.6 Å². The first-order valence-electron chi connectivity index (χ1n) is 6.62. The Balaban J connectivity index is 2.15. The van der Waals surface area contributed by atoms with Crippen LogP contribution in [0.5, 0.6) is 0 Å². The van der Waals surface area contributed by atoms with E-state index in [-0.39, 0.29) is 23.7 Å². The van der Waals surface area contributed by atoms with Gasteiger partial charge in [-0.05, 0) is 30.7 Å². The Hall–Kier alpha value is -2.41. The van der Waals surface area contributed by atoms with E-state index >= 15 is 0 Å². The molecule has 0 fully saturated rings. The number of carbonyl (C=O) groups excluding carboxylic acids is 1. The van der Waals surface area contributed by atoms with Crippen LogP contribution in [0.4, 0.5) is 5.69 Å². The summed E-state index contributed by atoms with van der Waals surface area (Å²) in [4.78, 5) is 16.5. The Morgan fingerprint density at radius 2 is 1.91 bits per heavy atom. The van der Waals surface area contributed by atoms with E-state index in [2.05, 4.69) is 15.0 Å². The lowest BCUT2D eigenvalue weighted by atomic mass is 10.1. The van der Waals surface area contributed by atoms with Crippen molar-refractivity contribution in [2.75, 3.05) is 11.0 Å². The molecule has 0 spiro atoms. The van der Waals surface area contributed by atoms with Crippen molar-refractivity contribution in [2.24, 2.45) is 0 Å². The molecule has 0 aliphatic carbocycles. The molecule has 1 amide bonds. The zero-order chi connectivity index (χ0) is 16.2. The van der Waals surface area contributed by atoms with Gasteiger partial charge in [-0.15, -0.1) is 0 Å². The predicted molar refractivity (Wildman–Crippen MR) is 85.1 cm³/mol. The van der Waals surface area contributed by atoms with Gasteiger partial charge >= 0.3 is 0 Å². The molecular weight excluding hydrogens is 302 g/mol. The van der Waals surface area contributed by atoms with Gasteiger partial charge in [-0.2, -0.15) is 0 Å². The van der Waals surface area contributed by atoms with E-state index < -0.39 is 10.0 Å². The van der Waals surface area contributed by atoms with Gasteiger partial charge in [0.25, 0.3) is 5.91 Å². The summed E-state index contributed by atoms with van der Waals surface area (Å²) in [6.07, 6.45) is 2.70. The molecule has 0 bridgehead atoms. The number of hydrogen-bond acceptors (Lipinski definition) is 4. The largest absolute Gasteiger partial charge is 0.346 e. The molecule has 22 heavy (non-hydrogen) atoms. The minimum atomic E-state index is -3.45. The summed E-state index contributed by atoms with van der Waals surface area (Å²) in [5.74, 6) is -0.364. The van der Waals surface area contributed by atoms with Crippen molar-refractivity contribution >= 4 is 21.6 Å². The summed E-state index contributed by atoms with van der Waals surface area (Å²) < 4.78 is 25.0. The molecule has 6 nitrogen and oxygen atoms in total. The number of aromatic nitrogens is 1. The molecule has 0 saturated carbocycles. The van der Waals surface area contributed by atoms with E-state index in [1.807, 2.05) is 19.1 Å². The number of aryl methyl sites for hydroxylation is 1. The van der Waals surface area contributed by atoms with Gasteiger partial charge in [-0.1, -0.05) is 18.2 Å². The first-order valence-corrected chi connectivity index (χ1v) is 8.51. The van der Waals surface area contributed by atoms with Gasteiger partial charge in [0.1, 0.15) is 0 Å². The summed E-state index contributed by atoms with van der Waals surface area (Å²) >= 11 is 0. The monoisotopic (exact) mass is 319 g/mol. The van der Waals surface area contributed by atoms with Crippen LogP contribution in [-0.2, 0) is 16.6 Å². The van der Waals surface area contributed by atoms with Gasteiger partial charge in [0.15, 0.2) is 0 Å². The summed E-state index contributed by atoms with van der Waals surface area (Å²) in [7, 11) is -3.45. The predicted octanol–water partition coefficient (Wildman–Crippen LogP) is 1.69. The number of pyridine rings is 1. The fraction of sp³-hybridized carbons (Fsp3) is 0.200. The first-order chi connectivity index (χ1) is 10.4. The maximum Gasteiger partial charge on any atom is 0.253 e. The number of para-hydroxylation sites is 1. The zero-order valence-electron chi connectivity index (χ0n) is 12.3. The minimum absolute atomic E-state index is 0.250. The smallest absolute Gasteiger partial charge is 0.253 e. The quantitative estimate of drug-likeness (QED) is 0.878. The lowest BCUT2D eigenvalue weighted by Crippen LogP contribution is -2.25. The van der Waals surface area contributed by atoms with E-state index in [4.69, 9.17) is 0 Å². The van der Waals surface area contributed by atoms with Crippen molar-refractivity contribution in [1.82, 2.24) is 10.3 Å². The van der Waals surface area contributed by atoms with Gasteiger partial charge < -0.3 is 5.32 Å². The van der Waals surface area contributed by atoms with Crippen molar-refractivity contribution in [3.05, 3.63) is 59.4 Å². The third-order valence-corrected chi connectivity index (χ3v) is 3.59. The Morgan fingerprint density at radius 3 is 2.59 bits per heavy atom. The second-order valence-electron chi connectivity index (χ2n) is 4.87. The van der Waals surface area contributed by atoms with E-state index in [9.17, 15) is 13.2 Å². The molecule has 7 heteroatoms. The number of anilines is 1. The van der Waals surface area contributed by atoms with Gasteiger partial charge in [0, 0.05) is 6.20 Å². The van der Waals surface area contributed by atoms with Crippen LogP contribution in [0, 0.1) is 6.92 Å². The van der Waals surface area contributed by atoms with Crippen molar-refractivity contribution in [1.29, 1.82) is 0 Å². The van der Waals surface area contributed by atoms with Crippen LogP contribution >= 0.6 is 0 Å². The van der Waals surface area contributed by atoms with Crippen LogP contribution in [0.2, 0.25) is 0 Å². The summed E-state index contributed by atoms with van der Waals surface area (Å²) in [5.41, 5.74) is 2.26. The lowest BCUT2D eigenvalue weighted by Gasteiger charge is -2.11. The molecule has 0 aliphatic rings. The normalized spacial score (nSPS) is 11.0. The lowest BCUT2D eigenvalue weighted by molar-refractivity contribution is 0.0951. The molecule has 0 saturated heterocycles. The molecule has 1 aromatic carbocycles. The minimum Gasteiger partial charge on any atom is -0.346 e. The highest BCUT2D eigenvalue weighted by molar-refractivity contribution is 7.92. The topological polar surface area (TPSA) is 88.2 Å². The highest BCUT2D eigenvalue weighted by atomic mass is 32.2. The van der Waals surface area contributed by atoms with E-state index in [1.54, 1.807) is 30.5 Å². The number of sulfonamides is 1. The fourth-order valence-electron chi connectivity index (χ4n) is 1.93. The number of amides is 1. The number of benzene rings is 1. The van der Waals surface area contributed by atoms with E-state index in [0.717, 1.165) is 17.5 Å². The molecule has 0 aliphatic heterocycles. The van der Waals surface area contributed by atoms with Crippen LogP contribution in [0.25, 0.3) is 0 Å². The van der Waals surface area contributed by atoms with Gasteiger partial charge in [-0.25, -0.2) is 8.42 Å². The highest BCUT2D eigenvalue weighted by Gasteiger charge is 2.13. The molecule has 1 heterocycles. The fourth-order valence-corrected chi connectivity index (χ4v) is 2.51. The zero-order valence-corrected chi connectivity index (χ0v) is 13.1. The van der Waals surface area contributed by atoms with Gasteiger partial charge in [0.05, 0.1) is 29.7 Å². The van der Waals surface area contributed by atoms with Crippen molar-refractivity contribution in [3.63, 3.8) is 0 Å². The van der Waals surface area contributed by atoms with Crippen LogP contribution in [0.1, 0.15) is 21.6 Å². The summed E-state index contributed by atoms with van der Waals surface area (Å²) in [6.45, 7) is 2.19. The molecular formula is C15H17N3O3S. The Morgan fingerprint density at radius 1 is 1.18 bits per heavy atom. The second-order valence-corrected chi connectivity index (χ2v) is 6.62. The van der Waals surface area contributed by atoms with Crippen LogP contribution in [0.3, 0.4) is 0 Å². The molecule has 116 valence electrons. The number of nitrogens with one attached hydrogen (secondary N) is 2. The van der Waals surface area contributed by atoms with Gasteiger partial charge in [-0.3, -0.25) is 14.5 Å². The van der Waals surface area contributed by atoms with E-state index in [1.165, 1.54) is 0 Å². The summed E-state index contributed by atoms with van der Waals surface area (Å²) in [6, 6.07) is 10.2. The van der Waals surface area contributed by atoms with Crippen molar-refractivity contribution in [3.8, 4) is 0 Å². The van der Waals surface area contributed by atoms with E-state index in [0.29, 0.717) is 0 Å². The number of carbonyl (C=O) groups is 1. The Labute approximate surface area is 129 Å². The SMILES string of the molecule is Cc1cccnc1CNC(=O)c1ccccc1NS(C)(=O)=O. The molecule has 2 rings (SSSR count). The number of nitrogens with zero attached hydrogens (tertiary/aromatic N) is 1. The van der Waals surface area contributed by atoms with Gasteiger partial charge in [0.2, 0.25) is 10.0 Å². The van der Waals surface area contributed by atoms with Crippen molar-refractivity contribution in [2.45, 2.75) is 13.5 Å². The second kappa shape index (κ2) is 6.57.